The second kappa shape index (κ2) is 9.49. The molecule has 0 aliphatic carbocycles. The summed E-state index contributed by atoms with van der Waals surface area (Å²) in [4.78, 5) is 19.3. The molecule has 7 nitrogen and oxygen atoms in total. The number of carbonyl (C=O) groups is 1. The number of pyridine rings is 1. The van der Waals surface area contributed by atoms with Crippen LogP contribution in [0.15, 0.2) is 48.9 Å². The largest absolute Gasteiger partial charge is 0.508 e. The van der Waals surface area contributed by atoms with Gasteiger partial charge in [-0.05, 0) is 62.2 Å². The molecular weight excluding hydrogens is 414 g/mol. The molecule has 0 radical (unpaired) electrons. The number of nitrogens with zero attached hydrogens (tertiary/aromatic N) is 4. The quantitative estimate of drug-likeness (QED) is 0.615. The lowest BCUT2D eigenvalue weighted by atomic mass is 10.0. The van der Waals surface area contributed by atoms with Crippen molar-refractivity contribution >= 4 is 17.6 Å². The zero-order valence-electron chi connectivity index (χ0n) is 17.5. The number of amides is 1. The molecule has 162 valence electrons. The summed E-state index contributed by atoms with van der Waals surface area (Å²) in [5.74, 6) is 0.0397. The van der Waals surface area contributed by atoms with Crippen molar-refractivity contribution in [1.82, 2.24) is 25.0 Å². The minimum absolute atomic E-state index is 0.0397. The third kappa shape index (κ3) is 5.06. The Morgan fingerprint density at radius 1 is 1.23 bits per heavy atom. The highest BCUT2D eigenvalue weighted by atomic mass is 35.5. The number of likely N-dealkylation sites (tertiary alicyclic amines) is 1. The summed E-state index contributed by atoms with van der Waals surface area (Å²) in [6.07, 6.45) is 8.76. The van der Waals surface area contributed by atoms with E-state index in [-0.39, 0.29) is 11.8 Å². The van der Waals surface area contributed by atoms with Crippen LogP contribution >= 0.6 is 11.6 Å². The monoisotopic (exact) mass is 439 g/mol. The van der Waals surface area contributed by atoms with Gasteiger partial charge in [0.25, 0.3) is 0 Å². The highest BCUT2D eigenvalue weighted by Gasteiger charge is 2.20. The predicted molar refractivity (Wildman–Crippen MR) is 121 cm³/mol. The second-order valence-corrected chi connectivity index (χ2v) is 8.32. The number of phenols is 1. The van der Waals surface area contributed by atoms with Gasteiger partial charge in [0.1, 0.15) is 11.4 Å². The van der Waals surface area contributed by atoms with E-state index in [1.807, 2.05) is 12.1 Å². The van der Waals surface area contributed by atoms with Gasteiger partial charge < -0.3 is 10.4 Å². The van der Waals surface area contributed by atoms with Crippen molar-refractivity contribution in [2.75, 3.05) is 19.6 Å². The predicted octanol–water partition coefficient (Wildman–Crippen LogP) is 4.40. The van der Waals surface area contributed by atoms with Gasteiger partial charge in [0.15, 0.2) is 0 Å². The molecule has 0 saturated carbocycles. The third-order valence-electron chi connectivity index (χ3n) is 5.69. The smallest absolute Gasteiger partial charge is 0.342 e. The standard InChI is InChI=1S/C23H26ClN5O2/c1-16-4-2-3-10-28(16)11-9-26-23(31)29-15-21(17-5-7-25-8-6-17)22(27-29)18-12-19(24)14-20(30)13-18/h5-8,12-16,30H,2-4,9-11H2,1H3,(H,26,31). The van der Waals surface area contributed by atoms with E-state index in [4.69, 9.17) is 11.6 Å². The van der Waals surface area contributed by atoms with Crippen LogP contribution in [0.5, 0.6) is 5.75 Å². The Bertz CT molecular complexity index is 1030. The Balaban J connectivity index is 1.56. The van der Waals surface area contributed by atoms with Crippen LogP contribution < -0.4 is 5.32 Å². The molecule has 1 aliphatic rings. The van der Waals surface area contributed by atoms with Gasteiger partial charge in [-0.2, -0.15) is 9.78 Å². The number of rotatable bonds is 5. The summed E-state index contributed by atoms with van der Waals surface area (Å²) in [5.41, 5.74) is 2.81. The molecule has 0 bridgehead atoms. The molecule has 31 heavy (non-hydrogen) atoms. The summed E-state index contributed by atoms with van der Waals surface area (Å²) in [7, 11) is 0. The van der Waals surface area contributed by atoms with Crippen LogP contribution in [0.3, 0.4) is 0 Å². The SMILES string of the molecule is CC1CCCCN1CCNC(=O)n1cc(-c2ccncc2)c(-c2cc(O)cc(Cl)c2)n1. The first-order chi connectivity index (χ1) is 15.0. The molecule has 0 spiro atoms. The molecule has 1 atom stereocenters. The number of aromatic hydroxyl groups is 1. The van der Waals surface area contributed by atoms with Gasteiger partial charge in [-0.1, -0.05) is 18.0 Å². The molecule has 1 aliphatic heterocycles. The number of hydrogen-bond donors (Lipinski definition) is 2. The van der Waals surface area contributed by atoms with Crippen molar-refractivity contribution in [2.45, 2.75) is 32.2 Å². The second-order valence-electron chi connectivity index (χ2n) is 7.88. The van der Waals surface area contributed by atoms with Crippen LogP contribution in [-0.4, -0.2) is 56.5 Å². The molecule has 1 saturated heterocycles. The van der Waals surface area contributed by atoms with Crippen molar-refractivity contribution in [3.63, 3.8) is 0 Å². The minimum atomic E-state index is -0.294. The van der Waals surface area contributed by atoms with Crippen molar-refractivity contribution in [2.24, 2.45) is 0 Å². The van der Waals surface area contributed by atoms with Gasteiger partial charge in [0, 0.05) is 53.9 Å². The van der Waals surface area contributed by atoms with Gasteiger partial charge in [0.05, 0.1) is 0 Å². The van der Waals surface area contributed by atoms with Crippen LogP contribution in [0.1, 0.15) is 26.2 Å². The first-order valence-electron chi connectivity index (χ1n) is 10.5. The molecule has 4 rings (SSSR count). The van der Waals surface area contributed by atoms with Crippen molar-refractivity contribution in [1.29, 1.82) is 0 Å². The van der Waals surface area contributed by atoms with Gasteiger partial charge in [0.2, 0.25) is 0 Å². The average Bonchev–Trinajstić information content (AvgIpc) is 3.21. The van der Waals surface area contributed by atoms with Crippen LogP contribution in [0.4, 0.5) is 4.79 Å². The molecule has 3 aromatic rings. The highest BCUT2D eigenvalue weighted by Crippen LogP contribution is 2.34. The van der Waals surface area contributed by atoms with E-state index in [9.17, 15) is 9.90 Å². The number of phenolic OH excluding ortho intramolecular Hbond substituents is 1. The number of hydrogen-bond acceptors (Lipinski definition) is 5. The van der Waals surface area contributed by atoms with E-state index in [2.05, 4.69) is 27.2 Å². The number of halogens is 1. The molecule has 1 amide bonds. The lowest BCUT2D eigenvalue weighted by Crippen LogP contribution is -2.43. The molecule has 3 heterocycles. The van der Waals surface area contributed by atoms with Crippen molar-refractivity contribution < 1.29 is 9.90 Å². The molecular formula is C23H26ClN5O2. The van der Waals surface area contributed by atoms with Crippen molar-refractivity contribution in [3.05, 3.63) is 53.9 Å². The Morgan fingerprint density at radius 3 is 2.77 bits per heavy atom. The molecule has 2 N–H and O–H groups in total. The average molecular weight is 440 g/mol. The maximum atomic E-state index is 12.8. The number of nitrogens with one attached hydrogen (secondary N) is 1. The van der Waals surface area contributed by atoms with E-state index in [0.29, 0.717) is 28.9 Å². The maximum Gasteiger partial charge on any atom is 0.342 e. The van der Waals surface area contributed by atoms with E-state index >= 15 is 0 Å². The van der Waals surface area contributed by atoms with Gasteiger partial charge >= 0.3 is 6.03 Å². The molecule has 1 aromatic carbocycles. The fourth-order valence-corrected chi connectivity index (χ4v) is 4.25. The van der Waals surface area contributed by atoms with Crippen LogP contribution in [0.25, 0.3) is 22.4 Å². The highest BCUT2D eigenvalue weighted by molar-refractivity contribution is 6.31. The van der Waals surface area contributed by atoms with Gasteiger partial charge in [-0.15, -0.1) is 0 Å². The number of benzene rings is 1. The summed E-state index contributed by atoms with van der Waals surface area (Å²) < 4.78 is 1.31. The Labute approximate surface area is 186 Å². The van der Waals surface area contributed by atoms with Gasteiger partial charge in [-0.3, -0.25) is 9.88 Å². The first-order valence-corrected chi connectivity index (χ1v) is 10.9. The van der Waals surface area contributed by atoms with Crippen LogP contribution in [0, 0.1) is 0 Å². The van der Waals surface area contributed by atoms with Crippen LogP contribution in [-0.2, 0) is 0 Å². The Kier molecular flexibility index (Phi) is 6.53. The molecule has 8 heteroatoms. The minimum Gasteiger partial charge on any atom is -0.508 e. The van der Waals surface area contributed by atoms with E-state index in [0.717, 1.165) is 24.2 Å². The fourth-order valence-electron chi connectivity index (χ4n) is 4.02. The lowest BCUT2D eigenvalue weighted by Gasteiger charge is -2.33. The normalized spacial score (nSPS) is 16.9. The zero-order chi connectivity index (χ0) is 21.8. The third-order valence-corrected chi connectivity index (χ3v) is 5.90. The summed E-state index contributed by atoms with van der Waals surface area (Å²) >= 11 is 6.13. The Morgan fingerprint density at radius 2 is 2.03 bits per heavy atom. The number of piperidine rings is 1. The number of carbonyl (C=O) groups excluding carboxylic acids is 1. The van der Waals surface area contributed by atoms with Crippen molar-refractivity contribution in [3.8, 4) is 28.1 Å². The number of aromatic nitrogens is 3. The topological polar surface area (TPSA) is 83.3 Å². The zero-order valence-corrected chi connectivity index (χ0v) is 18.2. The van der Waals surface area contributed by atoms with Crippen LogP contribution in [0.2, 0.25) is 5.02 Å². The van der Waals surface area contributed by atoms with Gasteiger partial charge in [-0.25, -0.2) is 4.79 Å². The molecule has 2 aromatic heterocycles. The fraction of sp³-hybridized carbons (Fsp3) is 0.348. The Hall–Kier alpha value is -2.90. The summed E-state index contributed by atoms with van der Waals surface area (Å²) in [6.45, 7) is 4.69. The molecule has 1 unspecified atom stereocenters. The summed E-state index contributed by atoms with van der Waals surface area (Å²) in [6, 6.07) is 8.72. The lowest BCUT2D eigenvalue weighted by molar-refractivity contribution is 0.161. The van der Waals surface area contributed by atoms with E-state index < -0.39 is 0 Å². The van der Waals surface area contributed by atoms with E-state index in [1.54, 1.807) is 30.7 Å². The summed E-state index contributed by atoms with van der Waals surface area (Å²) in [5, 5.41) is 17.9. The first kappa shape index (κ1) is 21.3. The maximum absolute atomic E-state index is 12.8. The van der Waals surface area contributed by atoms with E-state index in [1.165, 1.54) is 30.0 Å². The molecule has 1 fully saturated rings.